The SMILES string of the molecule is C1CCCCC1.COC(=O)c1ccc2c(c1)N(C(=O)N1CCCCC1)CCO2.COC(=O)c1ccc2c(c1)N(C(=O)n1cc[n+](C)c1)CCO2.COC(=O)c1ccc2c(c1)N(C(=O)n1ccnc1)CCO2.COC(=O)c1ccc2c(c1)NCCO2.O=C(CO)c1ccc2c(c1)N(C(=O)N1CCCCC1)CCO2.O=C(n1ccnc1)n1ccnc1.[I-]. The third-order valence-corrected chi connectivity index (χ3v) is 19.9. The predicted molar refractivity (Wildman–Crippen MR) is 434 cm³/mol. The van der Waals surface area contributed by atoms with Crippen LogP contribution in [-0.4, -0.2) is 235 Å². The van der Waals surface area contributed by atoms with Crippen molar-refractivity contribution < 1.29 is 124 Å². The molecule has 0 bridgehead atoms. The highest BCUT2D eigenvalue weighted by molar-refractivity contribution is 6.03. The monoisotopic (exact) mass is 1760 g/mol. The number of anilines is 5. The molecular weight excluding hydrogens is 1670 g/mol. The Hall–Kier alpha value is -12.9. The zero-order chi connectivity index (χ0) is 84.2. The maximum Gasteiger partial charge on any atom is 0.420 e. The van der Waals surface area contributed by atoms with Crippen LogP contribution in [0.5, 0.6) is 28.7 Å². The molecule has 36 heteroatoms. The molecule has 1 saturated carbocycles. The lowest BCUT2D eigenvalue weighted by molar-refractivity contribution is -0.670. The number of ketones is 1. The quantitative estimate of drug-likeness (QED) is 0.0530. The number of ether oxygens (including phenoxy) is 9. The fraction of sp³-hybridized carbons (Fsp3) is 0.381. The number of methoxy groups -OCH3 is 4. The molecule has 0 atom stereocenters. The van der Waals surface area contributed by atoms with E-state index in [9.17, 15) is 47.9 Å². The van der Waals surface area contributed by atoms with Gasteiger partial charge in [-0.15, -0.1) is 0 Å². The summed E-state index contributed by atoms with van der Waals surface area (Å²) in [5.74, 6) is 1.12. The second-order valence-electron chi connectivity index (χ2n) is 27.8. The Bertz CT molecular complexity index is 4820. The number of amides is 6. The number of nitrogens with zero attached hydrogens (tertiary/aromatic N) is 14. The number of halogens is 1. The number of piperidine rings is 2. The van der Waals surface area contributed by atoms with Crippen LogP contribution in [0.1, 0.15) is 129 Å². The maximum atomic E-state index is 12.7. The van der Waals surface area contributed by atoms with Gasteiger partial charge >= 0.3 is 54.0 Å². The Labute approximate surface area is 710 Å². The zero-order valence-corrected chi connectivity index (χ0v) is 69.7. The second kappa shape index (κ2) is 44.6. The smallest absolute Gasteiger partial charge is 0.420 e. The summed E-state index contributed by atoms with van der Waals surface area (Å²) in [6, 6.07) is 24.3. The number of hydrogen-bond donors (Lipinski definition) is 2. The summed E-state index contributed by atoms with van der Waals surface area (Å²) in [6.45, 7) is 7.51. The van der Waals surface area contributed by atoms with Gasteiger partial charge in [0.2, 0.25) is 0 Å². The van der Waals surface area contributed by atoms with E-state index in [0.717, 1.165) is 69.8 Å². The number of hydrogen-bond acceptors (Lipinski definition) is 24. The predicted octanol–water partition coefficient (Wildman–Crippen LogP) is 7.67. The number of fused-ring (bicyclic) bond motifs is 5. The zero-order valence-electron chi connectivity index (χ0n) is 67.5. The fourth-order valence-corrected chi connectivity index (χ4v) is 13.7. The number of carbonyl (C=O) groups is 10. The summed E-state index contributed by atoms with van der Waals surface area (Å²) < 4.78 is 53.8. The number of urea groups is 2. The first-order chi connectivity index (χ1) is 57.9. The summed E-state index contributed by atoms with van der Waals surface area (Å²) >= 11 is 0. The molecule has 11 heterocycles. The minimum Gasteiger partial charge on any atom is -1.00 e. The van der Waals surface area contributed by atoms with Gasteiger partial charge in [-0.25, -0.2) is 62.7 Å². The third-order valence-electron chi connectivity index (χ3n) is 19.9. The van der Waals surface area contributed by atoms with E-state index in [1.807, 2.05) is 16.8 Å². The molecule has 2 saturated heterocycles. The van der Waals surface area contributed by atoms with Crippen LogP contribution in [0.15, 0.2) is 166 Å². The number of imidazole rings is 4. The number of aliphatic hydroxyl groups excluding tert-OH is 1. The standard InChI is InChI=1S/2C16H20N2O4.C15H16N3O4.C14H13N3O4.C10H11NO3.C7H6N4O.C6H12.HI/c1-21-15(19)12-5-6-14-13(11-12)18(9-10-22-14)16(20)17-7-3-2-4-8-17;19-11-14(20)12-4-5-15-13(10-12)18(8-9-22-15)16(21)17-6-2-1-3-7-17;1-16-5-6-17(10-16)15(20)18-7-8-22-13-4-3-11(9-12(13)18)14(19)21-2;1-20-13(18)10-2-3-12-11(8-10)17(6-7-21-12)14(19)16-5-4-15-9-16;1-13-10(12)7-2-3-9-8(6-7)11-4-5-14-9;12-7(10-3-1-8-5-10)11-4-2-9-6-11;1-2-4-6-5-3-1;/h5-6,11H,2-4,7-10H2,1H3;4-5,10,19H,1-3,6-9,11H2;3-6,9-10H,7-8H2,1-2H3;2-5,8-9H,6-7H2,1H3;2-3,6,11H,4-5H2,1H3;1-6H;1-6H2;1H/q;;+1;;;;;/p-1. The Morgan fingerprint density at radius 3 is 1.04 bits per heavy atom. The highest BCUT2D eigenvalue weighted by Gasteiger charge is 2.34. The number of aromatic nitrogens is 8. The van der Waals surface area contributed by atoms with Crippen molar-refractivity contribution in [2.75, 3.05) is 152 Å². The highest BCUT2D eigenvalue weighted by Crippen LogP contribution is 2.38. The first-order valence-corrected chi connectivity index (χ1v) is 39.2. The third kappa shape index (κ3) is 23.3. The second-order valence-corrected chi connectivity index (χ2v) is 27.8. The van der Waals surface area contributed by atoms with Crippen LogP contribution in [-0.2, 0) is 26.0 Å². The molecule has 3 fully saturated rings. The van der Waals surface area contributed by atoms with Crippen molar-refractivity contribution in [2.24, 2.45) is 7.05 Å². The number of esters is 4. The van der Waals surface area contributed by atoms with E-state index in [0.29, 0.717) is 133 Å². The summed E-state index contributed by atoms with van der Waals surface area (Å²) in [6.07, 6.45) is 34.3. The van der Waals surface area contributed by atoms with Crippen molar-refractivity contribution >= 4 is 88.3 Å². The van der Waals surface area contributed by atoms with Gasteiger partial charge in [-0.2, -0.15) is 4.57 Å². The molecule has 120 heavy (non-hydrogen) atoms. The minimum atomic E-state index is -0.542. The summed E-state index contributed by atoms with van der Waals surface area (Å²) in [5, 5.41) is 12.2. The first-order valence-electron chi connectivity index (χ1n) is 39.2. The van der Waals surface area contributed by atoms with Crippen molar-refractivity contribution in [3.05, 3.63) is 194 Å². The molecule has 0 unspecified atom stereocenters. The Kier molecular flexibility index (Phi) is 33.3. The van der Waals surface area contributed by atoms with Crippen molar-refractivity contribution in [3.8, 4) is 28.7 Å². The van der Waals surface area contributed by atoms with Gasteiger partial charge in [0.25, 0.3) is 6.33 Å². The number of Topliss-reactive ketones (excluding diaryl/α,β-unsaturated/α-hetero) is 1. The molecule has 4 aromatic heterocycles. The van der Waals surface area contributed by atoms with Crippen LogP contribution in [0.3, 0.4) is 0 Å². The molecular formula is C84H98IN15O20. The van der Waals surface area contributed by atoms with E-state index in [4.69, 9.17) is 43.0 Å². The average Bonchev–Trinajstić information content (AvgIpc) is 1.03. The van der Waals surface area contributed by atoms with Crippen LogP contribution in [0, 0.1) is 0 Å². The summed E-state index contributed by atoms with van der Waals surface area (Å²) in [5.41, 5.74) is 5.30. The van der Waals surface area contributed by atoms with Crippen LogP contribution >= 0.6 is 0 Å². The average molecular weight is 1760 g/mol. The lowest BCUT2D eigenvalue weighted by Gasteiger charge is -2.36. The van der Waals surface area contributed by atoms with E-state index in [2.05, 4.69) is 25.0 Å². The number of nitrogens with one attached hydrogen (secondary N) is 1. The molecule has 17 rings (SSSR count). The van der Waals surface area contributed by atoms with Gasteiger partial charge in [0.15, 0.2) is 5.78 Å². The fourth-order valence-electron chi connectivity index (χ4n) is 13.7. The Morgan fingerprint density at radius 1 is 0.383 bits per heavy atom. The normalized spacial score (nSPS) is 15.0. The van der Waals surface area contributed by atoms with E-state index in [-0.39, 0.29) is 65.9 Å². The summed E-state index contributed by atoms with van der Waals surface area (Å²) in [7, 11) is 7.18. The first kappa shape index (κ1) is 89.5. The van der Waals surface area contributed by atoms with Gasteiger partial charge in [-0.05, 0) is 130 Å². The molecule has 35 nitrogen and oxygen atoms in total. The molecule has 2 N–H and O–H groups in total. The lowest BCUT2D eigenvalue weighted by Crippen LogP contribution is -3.00. The molecule has 7 aliphatic heterocycles. The van der Waals surface area contributed by atoms with Gasteiger partial charge in [0.05, 0.1) is 112 Å². The number of rotatable bonds is 6. The topological polar surface area (TPSA) is 368 Å². The molecule has 9 aromatic rings. The van der Waals surface area contributed by atoms with E-state index in [1.165, 1.54) is 123 Å². The van der Waals surface area contributed by atoms with Crippen LogP contribution in [0.2, 0.25) is 0 Å². The number of carbonyl (C=O) groups excluding carboxylic acids is 10. The van der Waals surface area contributed by atoms with Crippen molar-refractivity contribution in [1.29, 1.82) is 0 Å². The van der Waals surface area contributed by atoms with Gasteiger partial charge in [-0.1, -0.05) is 38.5 Å². The van der Waals surface area contributed by atoms with Crippen LogP contribution in [0.25, 0.3) is 0 Å². The number of likely N-dealkylation sites (tertiary alicyclic amines) is 2. The molecule has 0 radical (unpaired) electrons. The number of aliphatic hydroxyl groups is 1. The molecule has 636 valence electrons. The number of aryl methyl sites for hydroxylation is 1. The van der Waals surface area contributed by atoms with Crippen LogP contribution in [0.4, 0.5) is 52.4 Å². The summed E-state index contributed by atoms with van der Waals surface area (Å²) in [4.78, 5) is 141. The Balaban J connectivity index is 0.000000150. The molecule has 1 aliphatic carbocycles. The Morgan fingerprint density at radius 2 is 0.700 bits per heavy atom. The lowest BCUT2D eigenvalue weighted by atomic mass is 10.0. The maximum absolute atomic E-state index is 12.7. The minimum absolute atomic E-state index is 0. The largest absolute Gasteiger partial charge is 1.00 e. The van der Waals surface area contributed by atoms with Crippen LogP contribution < -0.4 is 77.1 Å². The number of benzene rings is 5. The van der Waals surface area contributed by atoms with E-state index >= 15 is 0 Å². The van der Waals surface area contributed by atoms with Gasteiger partial charge < -0.3 is 86.8 Å². The molecule has 6 amide bonds. The van der Waals surface area contributed by atoms with Crippen molar-refractivity contribution in [1.82, 2.24) is 43.0 Å². The molecule has 0 spiro atoms. The van der Waals surface area contributed by atoms with Gasteiger partial charge in [0.1, 0.15) is 99.8 Å². The van der Waals surface area contributed by atoms with Gasteiger partial charge in [0, 0.05) is 75.5 Å². The highest BCUT2D eigenvalue weighted by atomic mass is 127. The molecule has 8 aliphatic rings. The van der Waals surface area contributed by atoms with E-state index in [1.54, 1.807) is 165 Å². The van der Waals surface area contributed by atoms with Gasteiger partial charge in [-0.3, -0.25) is 38.1 Å². The van der Waals surface area contributed by atoms with Crippen molar-refractivity contribution in [3.63, 3.8) is 0 Å². The van der Waals surface area contributed by atoms with E-state index < -0.39 is 24.5 Å². The van der Waals surface area contributed by atoms with Crippen molar-refractivity contribution in [2.45, 2.75) is 77.0 Å². The molecule has 5 aromatic carbocycles.